The van der Waals surface area contributed by atoms with Crippen LogP contribution in [0.15, 0.2) is 55.1 Å². The summed E-state index contributed by atoms with van der Waals surface area (Å²) in [6.45, 7) is 1.10. The lowest BCUT2D eigenvalue weighted by atomic mass is 10.1. The molecule has 2 aromatic heterocycles. The van der Waals surface area contributed by atoms with E-state index in [1.54, 1.807) is 25.7 Å². The summed E-state index contributed by atoms with van der Waals surface area (Å²) >= 11 is 0. The Morgan fingerprint density at radius 1 is 1.23 bits per heavy atom. The highest BCUT2D eigenvalue weighted by Gasteiger charge is 2.16. The van der Waals surface area contributed by atoms with Crippen LogP contribution in [0.3, 0.4) is 0 Å². The number of halogens is 1. The molecule has 0 fully saturated rings. The van der Waals surface area contributed by atoms with Gasteiger partial charge in [0.15, 0.2) is 11.5 Å². The molecule has 0 radical (unpaired) electrons. The predicted octanol–water partition coefficient (Wildman–Crippen LogP) is 3.65. The smallest absolute Gasteiger partial charge is 0.172 e. The second-order valence-electron chi connectivity index (χ2n) is 5.73. The molecule has 1 N–H and O–H groups in total. The fourth-order valence-corrected chi connectivity index (χ4v) is 2.79. The molecule has 0 saturated heterocycles. The number of hydrogen-bond acceptors (Lipinski definition) is 4. The highest BCUT2D eigenvalue weighted by atomic mass is 19.1. The van der Waals surface area contributed by atoms with Crippen molar-refractivity contribution >= 4 is 11.0 Å². The second kappa shape index (κ2) is 6.87. The number of nitrogens with zero attached hydrogens (tertiary/aromatic N) is 3. The first-order valence-electron chi connectivity index (χ1n) is 8.16. The summed E-state index contributed by atoms with van der Waals surface area (Å²) in [6.07, 6.45) is 5.34. The molecule has 0 atom stereocenters. The standard InChI is InChI=1S/C19H17FN4O2/c1-25-17-4-2-3-14(18(17)26-10-9-24-8-7-21-12-24)19-22-15-6-5-13(20)11-16(15)23-19/h2-8,11-12H,9-10H2,1H3,(H,22,23). The highest BCUT2D eigenvalue weighted by Crippen LogP contribution is 2.37. The average Bonchev–Trinajstić information content (AvgIpc) is 3.30. The van der Waals surface area contributed by atoms with Gasteiger partial charge in [-0.1, -0.05) is 6.07 Å². The van der Waals surface area contributed by atoms with Crippen molar-refractivity contribution in [2.24, 2.45) is 0 Å². The Morgan fingerprint density at radius 3 is 2.96 bits per heavy atom. The molecule has 6 nitrogen and oxygen atoms in total. The summed E-state index contributed by atoms with van der Waals surface area (Å²) in [5, 5.41) is 0. The van der Waals surface area contributed by atoms with Crippen LogP contribution < -0.4 is 9.47 Å². The Kier molecular flexibility index (Phi) is 4.27. The van der Waals surface area contributed by atoms with Crippen molar-refractivity contribution in [3.63, 3.8) is 0 Å². The summed E-state index contributed by atoms with van der Waals surface area (Å²) in [7, 11) is 1.59. The number of ether oxygens (including phenoxy) is 2. The van der Waals surface area contributed by atoms with E-state index in [0.29, 0.717) is 41.5 Å². The van der Waals surface area contributed by atoms with Gasteiger partial charge < -0.3 is 19.0 Å². The van der Waals surface area contributed by atoms with Crippen LogP contribution in [-0.2, 0) is 6.54 Å². The molecular weight excluding hydrogens is 335 g/mol. The molecule has 0 aliphatic heterocycles. The average molecular weight is 352 g/mol. The maximum atomic E-state index is 13.4. The van der Waals surface area contributed by atoms with E-state index in [1.165, 1.54) is 12.1 Å². The number of fused-ring (bicyclic) bond motifs is 1. The molecule has 0 saturated carbocycles. The summed E-state index contributed by atoms with van der Waals surface area (Å²) in [5.41, 5.74) is 2.08. The Labute approximate surface area is 149 Å². The number of methoxy groups -OCH3 is 1. The number of rotatable bonds is 6. The van der Waals surface area contributed by atoms with Gasteiger partial charge in [0.05, 0.1) is 36.6 Å². The Hall–Kier alpha value is -3.35. The third-order valence-electron chi connectivity index (χ3n) is 4.05. The van der Waals surface area contributed by atoms with Gasteiger partial charge in [0, 0.05) is 12.4 Å². The van der Waals surface area contributed by atoms with Crippen molar-refractivity contribution in [3.8, 4) is 22.9 Å². The van der Waals surface area contributed by atoms with Crippen LogP contribution in [0.1, 0.15) is 0 Å². The third-order valence-corrected chi connectivity index (χ3v) is 4.05. The van der Waals surface area contributed by atoms with Gasteiger partial charge in [0.1, 0.15) is 18.2 Å². The molecule has 4 rings (SSSR count). The van der Waals surface area contributed by atoms with Gasteiger partial charge in [0.2, 0.25) is 0 Å². The molecule has 0 aliphatic rings. The van der Waals surface area contributed by atoms with Crippen LogP contribution in [0.5, 0.6) is 11.5 Å². The van der Waals surface area contributed by atoms with Gasteiger partial charge in [-0.05, 0) is 30.3 Å². The zero-order valence-corrected chi connectivity index (χ0v) is 14.1. The topological polar surface area (TPSA) is 65.0 Å². The van der Waals surface area contributed by atoms with Crippen LogP contribution in [0, 0.1) is 5.82 Å². The van der Waals surface area contributed by atoms with E-state index < -0.39 is 0 Å². The van der Waals surface area contributed by atoms with Crippen LogP contribution in [-0.4, -0.2) is 33.2 Å². The lowest BCUT2D eigenvalue weighted by molar-refractivity contribution is 0.281. The molecular formula is C19H17FN4O2. The Balaban J connectivity index is 1.67. The van der Waals surface area contributed by atoms with Gasteiger partial charge in [0.25, 0.3) is 0 Å². The Bertz CT molecular complexity index is 1030. The molecule has 0 aliphatic carbocycles. The van der Waals surface area contributed by atoms with Crippen molar-refractivity contribution in [2.45, 2.75) is 6.54 Å². The number of H-pyrrole nitrogens is 1. The van der Waals surface area contributed by atoms with Crippen molar-refractivity contribution < 1.29 is 13.9 Å². The first-order chi connectivity index (χ1) is 12.7. The maximum Gasteiger partial charge on any atom is 0.172 e. The van der Waals surface area contributed by atoms with E-state index in [0.717, 1.165) is 5.56 Å². The number of aromatic amines is 1. The minimum absolute atomic E-state index is 0.310. The SMILES string of the molecule is COc1cccc(-c2nc3ccc(F)cc3[nH]2)c1OCCn1ccnc1. The van der Waals surface area contributed by atoms with Crippen molar-refractivity contribution in [1.82, 2.24) is 19.5 Å². The molecule has 2 heterocycles. The number of nitrogens with one attached hydrogen (secondary N) is 1. The lowest BCUT2D eigenvalue weighted by Gasteiger charge is -2.14. The number of hydrogen-bond donors (Lipinski definition) is 1. The van der Waals surface area contributed by atoms with Crippen LogP contribution in [0.2, 0.25) is 0 Å². The number of imidazole rings is 2. The van der Waals surface area contributed by atoms with Crippen molar-refractivity contribution in [1.29, 1.82) is 0 Å². The van der Waals surface area contributed by atoms with Gasteiger partial charge in [-0.25, -0.2) is 14.4 Å². The van der Waals surface area contributed by atoms with E-state index in [1.807, 2.05) is 29.0 Å². The molecule has 0 amide bonds. The van der Waals surface area contributed by atoms with Crippen LogP contribution in [0.25, 0.3) is 22.4 Å². The molecule has 0 spiro atoms. The maximum absolute atomic E-state index is 13.4. The van der Waals surface area contributed by atoms with E-state index in [4.69, 9.17) is 9.47 Å². The van der Waals surface area contributed by atoms with E-state index >= 15 is 0 Å². The second-order valence-corrected chi connectivity index (χ2v) is 5.73. The first kappa shape index (κ1) is 16.1. The quantitative estimate of drug-likeness (QED) is 0.575. The fraction of sp³-hybridized carbons (Fsp3) is 0.158. The zero-order chi connectivity index (χ0) is 17.9. The number of aromatic nitrogens is 4. The third kappa shape index (κ3) is 3.11. The highest BCUT2D eigenvalue weighted by molar-refractivity contribution is 5.81. The van der Waals surface area contributed by atoms with Crippen molar-refractivity contribution in [3.05, 3.63) is 60.9 Å². The molecule has 132 valence electrons. The number of para-hydroxylation sites is 1. The van der Waals surface area contributed by atoms with E-state index in [2.05, 4.69) is 15.0 Å². The summed E-state index contributed by atoms with van der Waals surface area (Å²) in [6, 6.07) is 10.0. The normalized spacial score (nSPS) is 11.0. The van der Waals surface area contributed by atoms with Gasteiger partial charge in [-0.2, -0.15) is 0 Å². The molecule has 2 aromatic carbocycles. The summed E-state index contributed by atoms with van der Waals surface area (Å²) < 4.78 is 26.8. The van der Waals surface area contributed by atoms with E-state index in [-0.39, 0.29) is 5.82 Å². The van der Waals surface area contributed by atoms with Crippen LogP contribution >= 0.6 is 0 Å². The largest absolute Gasteiger partial charge is 0.493 e. The Morgan fingerprint density at radius 2 is 2.15 bits per heavy atom. The van der Waals surface area contributed by atoms with Gasteiger partial charge in [-0.3, -0.25) is 0 Å². The van der Waals surface area contributed by atoms with E-state index in [9.17, 15) is 4.39 Å². The molecule has 26 heavy (non-hydrogen) atoms. The predicted molar refractivity (Wildman–Crippen MR) is 95.8 cm³/mol. The molecule has 0 unspecified atom stereocenters. The zero-order valence-electron chi connectivity index (χ0n) is 14.1. The summed E-state index contributed by atoms with van der Waals surface area (Å²) in [5.74, 6) is 1.49. The molecule has 7 heteroatoms. The monoisotopic (exact) mass is 352 g/mol. The van der Waals surface area contributed by atoms with Crippen molar-refractivity contribution in [2.75, 3.05) is 13.7 Å². The molecule has 4 aromatic rings. The first-order valence-corrected chi connectivity index (χ1v) is 8.16. The summed E-state index contributed by atoms with van der Waals surface area (Å²) in [4.78, 5) is 11.7. The lowest BCUT2D eigenvalue weighted by Crippen LogP contribution is -2.08. The minimum Gasteiger partial charge on any atom is -0.493 e. The molecule has 0 bridgehead atoms. The van der Waals surface area contributed by atoms with Crippen LogP contribution in [0.4, 0.5) is 4.39 Å². The van der Waals surface area contributed by atoms with Gasteiger partial charge in [-0.15, -0.1) is 0 Å². The van der Waals surface area contributed by atoms with Gasteiger partial charge >= 0.3 is 0 Å². The minimum atomic E-state index is -0.310. The number of benzene rings is 2. The fourth-order valence-electron chi connectivity index (χ4n) is 2.79.